The molecule has 1 heteroatoms. The molecule has 76 valence electrons. The number of hydrogen-bond donors (Lipinski definition) is 1. The lowest BCUT2D eigenvalue weighted by molar-refractivity contribution is 0.681. The maximum Gasteiger partial charge on any atom is 0.0208 e. The first-order valence-corrected chi connectivity index (χ1v) is 5.57. The molecule has 0 spiro atoms. The summed E-state index contributed by atoms with van der Waals surface area (Å²) >= 11 is 0. The summed E-state index contributed by atoms with van der Waals surface area (Å²) in [5.74, 6) is 0.678. The third-order valence-electron chi connectivity index (χ3n) is 3.12. The van der Waals surface area contributed by atoms with E-state index in [0.29, 0.717) is 5.92 Å². The van der Waals surface area contributed by atoms with Crippen molar-refractivity contribution in [2.24, 2.45) is 5.92 Å². The van der Waals surface area contributed by atoms with Crippen molar-refractivity contribution >= 4 is 0 Å². The Labute approximate surface area is 86.6 Å². The Balaban J connectivity index is 2.22. The second-order valence-electron chi connectivity index (χ2n) is 4.45. The molecule has 2 rings (SSSR count). The zero-order chi connectivity index (χ0) is 9.97. The zero-order valence-corrected chi connectivity index (χ0v) is 9.14. The quantitative estimate of drug-likeness (QED) is 0.669. The Morgan fingerprint density at radius 3 is 2.86 bits per heavy atom. The summed E-state index contributed by atoms with van der Waals surface area (Å²) in [5, 5.41) is 3.42. The van der Waals surface area contributed by atoms with Gasteiger partial charge in [-0.1, -0.05) is 37.6 Å². The van der Waals surface area contributed by atoms with E-state index in [0.717, 1.165) is 19.5 Å². The van der Waals surface area contributed by atoms with Crippen LogP contribution in [0.1, 0.15) is 26.7 Å². The van der Waals surface area contributed by atoms with Gasteiger partial charge in [0.2, 0.25) is 0 Å². The fourth-order valence-corrected chi connectivity index (χ4v) is 2.06. The third-order valence-corrected chi connectivity index (χ3v) is 3.12. The lowest BCUT2D eigenvalue weighted by atomic mass is 9.97. The summed E-state index contributed by atoms with van der Waals surface area (Å²) in [6, 6.07) is 0. The van der Waals surface area contributed by atoms with Crippen LogP contribution in [0.3, 0.4) is 0 Å². The Hall–Kier alpha value is -0.820. The normalized spacial score (nSPS) is 22.1. The van der Waals surface area contributed by atoms with Crippen molar-refractivity contribution < 1.29 is 0 Å². The average Bonchev–Trinajstić information content (AvgIpc) is 2.39. The molecule has 2 aliphatic rings. The molecule has 1 heterocycles. The van der Waals surface area contributed by atoms with Crippen molar-refractivity contribution in [2.45, 2.75) is 26.7 Å². The van der Waals surface area contributed by atoms with E-state index in [1.54, 1.807) is 11.1 Å². The Morgan fingerprint density at radius 1 is 1.21 bits per heavy atom. The van der Waals surface area contributed by atoms with Crippen LogP contribution in [0.15, 0.2) is 34.9 Å². The number of allylic oxidation sites excluding steroid dienone is 4. The van der Waals surface area contributed by atoms with E-state index in [2.05, 4.69) is 37.4 Å². The molecular formula is C13H19N. The van der Waals surface area contributed by atoms with E-state index in [4.69, 9.17) is 0 Å². The minimum absolute atomic E-state index is 0.678. The van der Waals surface area contributed by atoms with Crippen molar-refractivity contribution in [1.29, 1.82) is 0 Å². The van der Waals surface area contributed by atoms with Gasteiger partial charge in [0.1, 0.15) is 0 Å². The molecule has 0 bridgehead atoms. The van der Waals surface area contributed by atoms with Gasteiger partial charge in [-0.15, -0.1) is 0 Å². The van der Waals surface area contributed by atoms with Crippen LogP contribution in [0.5, 0.6) is 0 Å². The molecule has 0 aromatic heterocycles. The first-order valence-electron chi connectivity index (χ1n) is 5.57. The molecule has 14 heavy (non-hydrogen) atoms. The molecule has 0 unspecified atom stereocenters. The molecule has 0 atom stereocenters. The molecular weight excluding hydrogens is 170 g/mol. The predicted octanol–water partition coefficient (Wildman–Crippen LogP) is 2.82. The standard InChI is InChI=1S/C13H19N/c1-10(2)11-3-5-12-7-8-14-9-13(12)6-4-11/h4-6,10,14H,3,7-9H2,1-2H3. The maximum absolute atomic E-state index is 3.42. The number of piperidine rings is 1. The highest BCUT2D eigenvalue weighted by Crippen LogP contribution is 2.25. The summed E-state index contributed by atoms with van der Waals surface area (Å²) in [6.45, 7) is 6.74. The van der Waals surface area contributed by atoms with Crippen molar-refractivity contribution in [2.75, 3.05) is 13.1 Å². The van der Waals surface area contributed by atoms with E-state index >= 15 is 0 Å². The summed E-state index contributed by atoms with van der Waals surface area (Å²) < 4.78 is 0. The fraction of sp³-hybridized carbons (Fsp3) is 0.538. The summed E-state index contributed by atoms with van der Waals surface area (Å²) in [5.41, 5.74) is 4.61. The zero-order valence-electron chi connectivity index (χ0n) is 9.14. The van der Waals surface area contributed by atoms with Gasteiger partial charge in [-0.2, -0.15) is 0 Å². The maximum atomic E-state index is 3.42. The van der Waals surface area contributed by atoms with Crippen molar-refractivity contribution in [1.82, 2.24) is 5.32 Å². The molecule has 1 aliphatic carbocycles. The minimum atomic E-state index is 0.678. The summed E-state index contributed by atoms with van der Waals surface area (Å²) in [6.07, 6.45) is 9.39. The van der Waals surface area contributed by atoms with E-state index < -0.39 is 0 Å². The molecule has 0 radical (unpaired) electrons. The molecule has 0 aromatic rings. The van der Waals surface area contributed by atoms with Crippen LogP contribution in [0.2, 0.25) is 0 Å². The second-order valence-corrected chi connectivity index (χ2v) is 4.45. The average molecular weight is 189 g/mol. The van der Waals surface area contributed by atoms with Crippen LogP contribution in [-0.2, 0) is 0 Å². The fourth-order valence-electron chi connectivity index (χ4n) is 2.06. The van der Waals surface area contributed by atoms with Crippen LogP contribution >= 0.6 is 0 Å². The molecule has 1 nitrogen and oxygen atoms in total. The smallest absolute Gasteiger partial charge is 0.0208 e. The topological polar surface area (TPSA) is 12.0 Å². The minimum Gasteiger partial charge on any atom is -0.312 e. The van der Waals surface area contributed by atoms with Crippen LogP contribution in [0, 0.1) is 5.92 Å². The number of fused-ring (bicyclic) bond motifs is 1. The SMILES string of the molecule is CC(C)C1=CC=C2CNCCC2=CC1. The van der Waals surface area contributed by atoms with Crippen LogP contribution in [0.4, 0.5) is 0 Å². The first kappa shape index (κ1) is 9.72. The summed E-state index contributed by atoms with van der Waals surface area (Å²) in [4.78, 5) is 0. The van der Waals surface area contributed by atoms with Gasteiger partial charge >= 0.3 is 0 Å². The van der Waals surface area contributed by atoms with E-state index in [1.807, 2.05) is 0 Å². The molecule has 1 aliphatic heterocycles. The van der Waals surface area contributed by atoms with E-state index in [1.165, 1.54) is 12.0 Å². The summed E-state index contributed by atoms with van der Waals surface area (Å²) in [7, 11) is 0. The number of nitrogens with one attached hydrogen (secondary N) is 1. The van der Waals surface area contributed by atoms with E-state index in [9.17, 15) is 0 Å². The van der Waals surface area contributed by atoms with Gasteiger partial charge < -0.3 is 5.32 Å². The first-order chi connectivity index (χ1) is 6.77. The van der Waals surface area contributed by atoms with Crippen LogP contribution in [-0.4, -0.2) is 13.1 Å². The van der Waals surface area contributed by atoms with E-state index in [-0.39, 0.29) is 0 Å². The molecule has 1 N–H and O–H groups in total. The van der Waals surface area contributed by atoms with Crippen molar-refractivity contribution in [3.05, 3.63) is 34.9 Å². The lowest BCUT2D eigenvalue weighted by Gasteiger charge is -2.18. The predicted molar refractivity (Wildman–Crippen MR) is 61.2 cm³/mol. The van der Waals surface area contributed by atoms with Crippen LogP contribution < -0.4 is 5.32 Å². The highest BCUT2D eigenvalue weighted by molar-refractivity contribution is 5.41. The molecule has 0 amide bonds. The second kappa shape index (κ2) is 4.14. The van der Waals surface area contributed by atoms with Gasteiger partial charge in [-0.3, -0.25) is 0 Å². The van der Waals surface area contributed by atoms with Gasteiger partial charge in [0.25, 0.3) is 0 Å². The largest absolute Gasteiger partial charge is 0.312 e. The van der Waals surface area contributed by atoms with Crippen molar-refractivity contribution in [3.63, 3.8) is 0 Å². The molecule has 0 saturated carbocycles. The van der Waals surface area contributed by atoms with Gasteiger partial charge in [-0.25, -0.2) is 0 Å². The molecule has 1 saturated heterocycles. The Morgan fingerprint density at radius 2 is 2.07 bits per heavy atom. The number of hydrogen-bond acceptors (Lipinski definition) is 1. The van der Waals surface area contributed by atoms with Crippen molar-refractivity contribution in [3.8, 4) is 0 Å². The number of rotatable bonds is 1. The molecule has 1 fully saturated rings. The van der Waals surface area contributed by atoms with Gasteiger partial charge in [0, 0.05) is 6.54 Å². The monoisotopic (exact) mass is 189 g/mol. The van der Waals surface area contributed by atoms with Gasteiger partial charge in [-0.05, 0) is 36.5 Å². The Kier molecular flexibility index (Phi) is 2.87. The van der Waals surface area contributed by atoms with Crippen LogP contribution in [0.25, 0.3) is 0 Å². The highest BCUT2D eigenvalue weighted by Gasteiger charge is 2.13. The van der Waals surface area contributed by atoms with Gasteiger partial charge in [0.05, 0.1) is 0 Å². The third kappa shape index (κ3) is 1.98. The highest BCUT2D eigenvalue weighted by atomic mass is 14.9. The molecule has 0 aromatic carbocycles. The van der Waals surface area contributed by atoms with Gasteiger partial charge in [0.15, 0.2) is 0 Å². The Bertz CT molecular complexity index is 305. The lowest BCUT2D eigenvalue weighted by Crippen LogP contribution is -2.25.